The molecule has 3 aliphatic rings. The maximum Gasteiger partial charge on any atom is 0.183 e. The number of hydrogen-bond donors (Lipinski definition) is 4. The maximum atomic E-state index is 9.18. The van der Waals surface area contributed by atoms with Crippen LogP contribution in [-0.4, -0.2) is 61.3 Å². The van der Waals surface area contributed by atoms with Crippen molar-refractivity contribution in [2.24, 2.45) is 11.7 Å². The zero-order chi connectivity index (χ0) is 24.0. The normalized spacial score (nSPS) is 32.6. The van der Waals surface area contributed by atoms with Gasteiger partial charge in [-0.25, -0.2) is 4.90 Å². The van der Waals surface area contributed by atoms with Crippen molar-refractivity contribution in [2.75, 3.05) is 27.3 Å². The molecule has 3 rings (SSSR count). The molecule has 0 aromatic rings. The number of fused-ring (bicyclic) bond motifs is 1. The zero-order valence-electron chi connectivity index (χ0n) is 21.0. The molecule has 2 aliphatic heterocycles. The lowest BCUT2D eigenvalue weighted by Gasteiger charge is -2.20. The average Bonchev–Trinajstić information content (AvgIpc) is 3.20. The van der Waals surface area contributed by atoms with Crippen LogP contribution in [0.1, 0.15) is 59.3 Å². The van der Waals surface area contributed by atoms with Gasteiger partial charge in [-0.15, -0.1) is 0 Å². The van der Waals surface area contributed by atoms with Crippen LogP contribution in [0.2, 0.25) is 0 Å². The van der Waals surface area contributed by atoms with Crippen molar-refractivity contribution in [1.82, 2.24) is 25.9 Å². The Morgan fingerprint density at radius 3 is 2.88 bits per heavy atom. The fourth-order valence-corrected chi connectivity index (χ4v) is 4.71. The van der Waals surface area contributed by atoms with Gasteiger partial charge in [0.1, 0.15) is 6.29 Å². The molecule has 8 heteroatoms. The quantitative estimate of drug-likeness (QED) is 0.145. The molecule has 0 amide bonds. The summed E-state index contributed by atoms with van der Waals surface area (Å²) >= 11 is 0. The van der Waals surface area contributed by atoms with Crippen LogP contribution in [0.4, 0.5) is 0 Å². The van der Waals surface area contributed by atoms with Crippen LogP contribution in [0.3, 0.4) is 0 Å². The van der Waals surface area contributed by atoms with Crippen molar-refractivity contribution >= 4 is 0 Å². The summed E-state index contributed by atoms with van der Waals surface area (Å²) in [4.78, 5) is 10.6. The third-order valence-electron chi connectivity index (χ3n) is 7.01. The Bertz CT molecular complexity index is 799. The van der Waals surface area contributed by atoms with E-state index in [1.165, 1.54) is 16.7 Å². The molecule has 0 spiro atoms. The highest BCUT2D eigenvalue weighted by Crippen LogP contribution is 2.47. The molecule has 0 radical (unpaired) electrons. The van der Waals surface area contributed by atoms with Gasteiger partial charge >= 0.3 is 0 Å². The van der Waals surface area contributed by atoms with Crippen molar-refractivity contribution in [3.8, 4) is 6.07 Å². The van der Waals surface area contributed by atoms with Gasteiger partial charge in [0.25, 0.3) is 0 Å². The Morgan fingerprint density at radius 1 is 1.48 bits per heavy atom. The van der Waals surface area contributed by atoms with E-state index < -0.39 is 0 Å². The first-order valence-electron chi connectivity index (χ1n) is 12.4. The van der Waals surface area contributed by atoms with E-state index in [2.05, 4.69) is 85.1 Å². The molecule has 6 atom stereocenters. The van der Waals surface area contributed by atoms with Crippen LogP contribution in [-0.2, 0) is 4.84 Å². The summed E-state index contributed by atoms with van der Waals surface area (Å²) in [6.45, 7) is 8.03. The number of nitrogens with zero attached hydrogens (tertiary/aromatic N) is 3. The van der Waals surface area contributed by atoms with Crippen LogP contribution >= 0.6 is 0 Å². The van der Waals surface area contributed by atoms with Crippen LogP contribution in [0.5, 0.6) is 0 Å². The Hall–Kier alpha value is -1.57. The highest BCUT2D eigenvalue weighted by atomic mass is 16.7. The number of nitrogens with two attached hydrogens (primary N) is 1. The summed E-state index contributed by atoms with van der Waals surface area (Å²) in [6.07, 6.45) is 12.5. The van der Waals surface area contributed by atoms with Crippen molar-refractivity contribution in [3.05, 3.63) is 34.9 Å². The third-order valence-corrected chi connectivity index (χ3v) is 7.01. The molecule has 33 heavy (non-hydrogen) atoms. The smallest absolute Gasteiger partial charge is 0.183 e. The van der Waals surface area contributed by atoms with E-state index in [0.29, 0.717) is 25.0 Å². The lowest BCUT2D eigenvalue weighted by Crippen LogP contribution is -2.45. The second kappa shape index (κ2) is 11.7. The molecule has 1 aliphatic carbocycles. The fraction of sp³-hybridized carbons (Fsp3) is 0.720. The Morgan fingerprint density at radius 2 is 2.27 bits per heavy atom. The molecule has 0 aromatic carbocycles. The Labute approximate surface area is 199 Å². The molecule has 0 saturated carbocycles. The van der Waals surface area contributed by atoms with Crippen molar-refractivity contribution < 1.29 is 4.84 Å². The van der Waals surface area contributed by atoms with Crippen LogP contribution in [0.25, 0.3) is 0 Å². The first-order valence-corrected chi connectivity index (χ1v) is 12.4. The summed E-state index contributed by atoms with van der Waals surface area (Å²) in [5.41, 5.74) is 12.8. The van der Waals surface area contributed by atoms with Gasteiger partial charge in [-0.05, 0) is 64.6 Å². The number of allylic oxidation sites excluding steroid dienone is 3. The van der Waals surface area contributed by atoms with E-state index in [4.69, 9.17) is 10.6 Å². The molecule has 2 fully saturated rings. The Balaban J connectivity index is 1.67. The summed E-state index contributed by atoms with van der Waals surface area (Å²) in [5, 5.41) is 16.1. The maximum absolute atomic E-state index is 9.18. The van der Waals surface area contributed by atoms with Crippen molar-refractivity contribution in [2.45, 2.75) is 83.5 Å². The summed E-state index contributed by atoms with van der Waals surface area (Å²) in [5.74, 6) is 0.328. The third kappa shape index (κ3) is 6.31. The molecule has 2 heterocycles. The summed E-state index contributed by atoms with van der Waals surface area (Å²) in [7, 11) is 4.12. The molecule has 0 aromatic heterocycles. The predicted molar refractivity (Wildman–Crippen MR) is 132 cm³/mol. The number of nitriles is 1. The highest BCUT2D eigenvalue weighted by molar-refractivity contribution is 5.38. The van der Waals surface area contributed by atoms with Crippen molar-refractivity contribution in [3.63, 3.8) is 0 Å². The lowest BCUT2D eigenvalue weighted by atomic mass is 10.00. The van der Waals surface area contributed by atoms with E-state index in [1.807, 2.05) is 0 Å². The summed E-state index contributed by atoms with van der Waals surface area (Å²) < 4.78 is 0. The predicted octanol–water partition coefficient (Wildman–Crippen LogP) is 2.50. The van der Waals surface area contributed by atoms with Gasteiger partial charge in [-0.3, -0.25) is 20.4 Å². The monoisotopic (exact) mass is 457 g/mol. The van der Waals surface area contributed by atoms with Gasteiger partial charge in [-0.2, -0.15) is 10.7 Å². The second-order valence-electron chi connectivity index (χ2n) is 9.76. The van der Waals surface area contributed by atoms with E-state index in [0.717, 1.165) is 38.6 Å². The Kier molecular flexibility index (Phi) is 9.25. The first kappa shape index (κ1) is 26.0. The van der Waals surface area contributed by atoms with Crippen LogP contribution in [0.15, 0.2) is 34.9 Å². The van der Waals surface area contributed by atoms with E-state index in [1.54, 1.807) is 0 Å². The molecule has 5 N–H and O–H groups in total. The highest BCUT2D eigenvalue weighted by Gasteiger charge is 2.64. The average molecular weight is 458 g/mol. The largest absolute Gasteiger partial charge is 0.316 e. The van der Waals surface area contributed by atoms with Crippen molar-refractivity contribution in [1.29, 1.82) is 5.26 Å². The van der Waals surface area contributed by atoms with Gasteiger partial charge in [-0.1, -0.05) is 43.2 Å². The van der Waals surface area contributed by atoms with E-state index >= 15 is 0 Å². The van der Waals surface area contributed by atoms with E-state index in [-0.39, 0.29) is 18.2 Å². The number of hydroxylamine groups is 1. The molecule has 184 valence electrons. The number of nitrogens with one attached hydrogen (secondary N) is 3. The zero-order valence-corrected chi connectivity index (χ0v) is 21.0. The molecular weight excluding hydrogens is 414 g/mol. The molecule has 2 saturated heterocycles. The minimum Gasteiger partial charge on any atom is -0.316 e. The lowest BCUT2D eigenvalue weighted by molar-refractivity contribution is -0.00993. The molecule has 0 bridgehead atoms. The van der Waals surface area contributed by atoms with Gasteiger partial charge in [0.05, 0.1) is 18.8 Å². The van der Waals surface area contributed by atoms with E-state index in [9.17, 15) is 5.26 Å². The first-order chi connectivity index (χ1) is 15.8. The van der Waals surface area contributed by atoms with Gasteiger partial charge < -0.3 is 5.73 Å². The topological polar surface area (TPSA) is 101 Å². The number of rotatable bonds is 13. The second-order valence-corrected chi connectivity index (χ2v) is 9.76. The SMILES string of the molecule is CC/C(C)=C\C(=C/CCC1=CC(CC#N)C[C@@H]1NCN[C@@H](N)CC)C12CN1C(N(C)C)NO2. The molecular formula is C25H43N7O. The van der Waals surface area contributed by atoms with Gasteiger partial charge in [0.2, 0.25) is 0 Å². The van der Waals surface area contributed by atoms with Gasteiger partial charge in [0, 0.05) is 19.1 Å². The molecule has 8 nitrogen and oxygen atoms in total. The minimum absolute atomic E-state index is 0.00655. The fourth-order valence-electron chi connectivity index (χ4n) is 4.71. The summed E-state index contributed by atoms with van der Waals surface area (Å²) in [6, 6.07) is 2.63. The standard InChI is InChI=1S/C25H43N7O/c1-6-18(3)13-21(25-16-32(25)24(30-33-25)31(4)5)10-8-9-20-14-19(11-12-26)15-22(20)28-17-29-23(27)7-2/h10,13-14,19,22-24,28-30H,6-9,11,15-17,27H2,1-5H3/b18-13-,21-10+/t19?,22-,23+,24?,25?,32?/m0/s1. The number of hydrogen-bond acceptors (Lipinski definition) is 8. The molecule has 4 unspecified atom stereocenters. The van der Waals surface area contributed by atoms with Gasteiger partial charge in [0.15, 0.2) is 5.72 Å². The van der Waals surface area contributed by atoms with Crippen LogP contribution in [0, 0.1) is 17.2 Å². The minimum atomic E-state index is -0.351. The van der Waals surface area contributed by atoms with Crippen LogP contribution < -0.4 is 21.8 Å².